The maximum absolute atomic E-state index is 6.01. The molecule has 1 heterocycles. The zero-order valence-corrected chi connectivity index (χ0v) is 9.18. The lowest BCUT2D eigenvalue weighted by Gasteiger charge is -2.05. The summed E-state index contributed by atoms with van der Waals surface area (Å²) in [6.45, 7) is 0. The molecule has 2 nitrogen and oxygen atoms in total. The molecule has 0 N–H and O–H groups in total. The second kappa shape index (κ2) is 3.81. The van der Waals surface area contributed by atoms with Gasteiger partial charge in [-0.25, -0.2) is 4.98 Å². The Morgan fingerprint density at radius 2 is 1.93 bits per heavy atom. The van der Waals surface area contributed by atoms with Crippen LogP contribution >= 0.6 is 34.8 Å². The molecule has 0 aliphatic carbocycles. The molecule has 0 amide bonds. The Labute approximate surface area is 96.0 Å². The summed E-state index contributed by atoms with van der Waals surface area (Å²) in [5, 5.41) is 1.42. The van der Waals surface area contributed by atoms with Crippen molar-refractivity contribution < 1.29 is 0 Å². The SMILES string of the molecule is Clc1cn(-c2cccc(Cl)c2Cl)cn1. The predicted octanol–water partition coefficient (Wildman–Crippen LogP) is 3.83. The molecule has 0 atom stereocenters. The lowest BCUT2D eigenvalue weighted by atomic mass is 10.3. The van der Waals surface area contributed by atoms with E-state index in [9.17, 15) is 0 Å². The second-order valence-corrected chi connectivity index (χ2v) is 3.85. The van der Waals surface area contributed by atoms with Crippen LogP contribution in [0.15, 0.2) is 30.7 Å². The summed E-state index contributed by atoms with van der Waals surface area (Å²) in [5.41, 5.74) is 0.763. The van der Waals surface area contributed by atoms with Crippen LogP contribution in [0.1, 0.15) is 0 Å². The molecule has 0 radical (unpaired) electrons. The van der Waals surface area contributed by atoms with Crippen molar-refractivity contribution in [1.29, 1.82) is 0 Å². The van der Waals surface area contributed by atoms with E-state index < -0.39 is 0 Å². The zero-order chi connectivity index (χ0) is 10.1. The molecule has 0 saturated heterocycles. The van der Waals surface area contributed by atoms with E-state index in [-0.39, 0.29) is 0 Å². The summed E-state index contributed by atoms with van der Waals surface area (Å²) < 4.78 is 1.72. The number of hydrogen-bond acceptors (Lipinski definition) is 1. The number of hydrogen-bond donors (Lipinski definition) is 0. The maximum atomic E-state index is 6.01. The van der Waals surface area contributed by atoms with Crippen LogP contribution < -0.4 is 0 Å². The van der Waals surface area contributed by atoms with Gasteiger partial charge < -0.3 is 4.57 Å². The predicted molar refractivity (Wildman–Crippen MR) is 58.6 cm³/mol. The standard InChI is InChI=1S/C9H5Cl3N2/c10-6-2-1-3-7(9(6)12)14-4-8(11)13-5-14/h1-5H. The first kappa shape index (κ1) is 9.84. The second-order valence-electron chi connectivity index (χ2n) is 2.68. The minimum atomic E-state index is 0.418. The molecule has 2 aromatic rings. The molecular formula is C9H5Cl3N2. The van der Waals surface area contributed by atoms with Crippen molar-refractivity contribution in [3.63, 3.8) is 0 Å². The first-order valence-electron chi connectivity index (χ1n) is 3.82. The van der Waals surface area contributed by atoms with Crippen LogP contribution in [0, 0.1) is 0 Å². The fourth-order valence-corrected chi connectivity index (χ4v) is 1.66. The molecular weight excluding hydrogens is 242 g/mol. The Bertz CT molecular complexity index is 465. The number of halogens is 3. The van der Waals surface area contributed by atoms with E-state index in [1.807, 2.05) is 12.1 Å². The summed E-state index contributed by atoms with van der Waals surface area (Å²) in [7, 11) is 0. The van der Waals surface area contributed by atoms with Crippen molar-refractivity contribution >= 4 is 34.8 Å². The van der Waals surface area contributed by atoms with Gasteiger partial charge in [-0.05, 0) is 12.1 Å². The third-order valence-corrected chi connectivity index (χ3v) is 2.76. The van der Waals surface area contributed by atoms with Crippen LogP contribution in [0.25, 0.3) is 5.69 Å². The van der Waals surface area contributed by atoms with Crippen molar-refractivity contribution in [3.8, 4) is 5.69 Å². The highest BCUT2D eigenvalue weighted by atomic mass is 35.5. The number of nitrogens with zero attached hydrogens (tertiary/aromatic N) is 2. The summed E-state index contributed by atoms with van der Waals surface area (Å²) in [6, 6.07) is 5.38. The summed E-state index contributed by atoms with van der Waals surface area (Å²) >= 11 is 17.6. The number of rotatable bonds is 1. The summed E-state index contributed by atoms with van der Waals surface area (Å²) in [6.07, 6.45) is 3.25. The Hall–Kier alpha value is -0.700. The van der Waals surface area contributed by atoms with Crippen molar-refractivity contribution in [3.05, 3.63) is 45.9 Å². The van der Waals surface area contributed by atoms with Crippen molar-refractivity contribution in [2.45, 2.75) is 0 Å². The molecule has 14 heavy (non-hydrogen) atoms. The van der Waals surface area contributed by atoms with Crippen LogP contribution in [0.4, 0.5) is 0 Å². The average molecular weight is 248 g/mol. The third kappa shape index (κ3) is 1.73. The average Bonchev–Trinajstić information content (AvgIpc) is 2.57. The Kier molecular flexibility index (Phi) is 2.68. The zero-order valence-electron chi connectivity index (χ0n) is 6.92. The fraction of sp³-hybridized carbons (Fsp3) is 0. The molecule has 2 rings (SSSR count). The van der Waals surface area contributed by atoms with E-state index >= 15 is 0 Å². The molecule has 0 fully saturated rings. The highest BCUT2D eigenvalue weighted by Crippen LogP contribution is 2.28. The molecule has 0 saturated carbocycles. The summed E-state index contributed by atoms with van der Waals surface area (Å²) in [4.78, 5) is 3.89. The molecule has 72 valence electrons. The number of imidazole rings is 1. The van der Waals surface area contributed by atoms with Gasteiger partial charge in [0, 0.05) is 6.20 Å². The van der Waals surface area contributed by atoms with Crippen LogP contribution in [-0.2, 0) is 0 Å². The Balaban J connectivity index is 2.57. The number of aromatic nitrogens is 2. The lowest BCUT2D eigenvalue weighted by molar-refractivity contribution is 1.06. The van der Waals surface area contributed by atoms with Gasteiger partial charge in [-0.15, -0.1) is 0 Å². The van der Waals surface area contributed by atoms with Gasteiger partial charge in [0.1, 0.15) is 11.5 Å². The van der Waals surface area contributed by atoms with E-state index in [0.29, 0.717) is 15.2 Å². The highest BCUT2D eigenvalue weighted by Gasteiger charge is 2.06. The minimum Gasteiger partial charge on any atom is -0.303 e. The van der Waals surface area contributed by atoms with Gasteiger partial charge in [-0.1, -0.05) is 40.9 Å². The molecule has 1 aromatic carbocycles. The van der Waals surface area contributed by atoms with Gasteiger partial charge in [-0.3, -0.25) is 0 Å². The fourth-order valence-electron chi connectivity index (χ4n) is 1.12. The largest absolute Gasteiger partial charge is 0.303 e. The van der Waals surface area contributed by atoms with Gasteiger partial charge in [-0.2, -0.15) is 0 Å². The van der Waals surface area contributed by atoms with Gasteiger partial charge in [0.2, 0.25) is 0 Å². The molecule has 0 bridgehead atoms. The molecule has 0 aliphatic rings. The number of benzene rings is 1. The monoisotopic (exact) mass is 246 g/mol. The Morgan fingerprint density at radius 1 is 1.14 bits per heavy atom. The van der Waals surface area contributed by atoms with Gasteiger partial charge in [0.05, 0.1) is 15.7 Å². The van der Waals surface area contributed by atoms with Gasteiger partial charge >= 0.3 is 0 Å². The van der Waals surface area contributed by atoms with Crippen molar-refractivity contribution in [1.82, 2.24) is 9.55 Å². The third-order valence-electron chi connectivity index (χ3n) is 1.76. The summed E-state index contributed by atoms with van der Waals surface area (Å²) in [5.74, 6) is 0. The first-order chi connectivity index (χ1) is 6.68. The smallest absolute Gasteiger partial charge is 0.147 e. The van der Waals surface area contributed by atoms with Crippen molar-refractivity contribution in [2.75, 3.05) is 0 Å². The van der Waals surface area contributed by atoms with E-state index in [2.05, 4.69) is 4.98 Å². The van der Waals surface area contributed by atoms with Crippen LogP contribution in [-0.4, -0.2) is 9.55 Å². The highest BCUT2D eigenvalue weighted by molar-refractivity contribution is 6.43. The molecule has 1 aromatic heterocycles. The van der Waals surface area contributed by atoms with Crippen LogP contribution in [0.3, 0.4) is 0 Å². The Morgan fingerprint density at radius 3 is 2.57 bits per heavy atom. The van der Waals surface area contributed by atoms with E-state index in [4.69, 9.17) is 34.8 Å². The normalized spacial score (nSPS) is 10.5. The first-order valence-corrected chi connectivity index (χ1v) is 4.96. The van der Waals surface area contributed by atoms with Gasteiger partial charge in [0.25, 0.3) is 0 Å². The van der Waals surface area contributed by atoms with E-state index in [1.54, 1.807) is 23.2 Å². The minimum absolute atomic E-state index is 0.418. The molecule has 5 heteroatoms. The molecule has 0 unspecified atom stereocenters. The quantitative estimate of drug-likeness (QED) is 0.749. The van der Waals surface area contributed by atoms with Crippen LogP contribution in [0.5, 0.6) is 0 Å². The van der Waals surface area contributed by atoms with E-state index in [0.717, 1.165) is 5.69 Å². The van der Waals surface area contributed by atoms with E-state index in [1.165, 1.54) is 0 Å². The van der Waals surface area contributed by atoms with Crippen molar-refractivity contribution in [2.24, 2.45) is 0 Å². The molecule has 0 aliphatic heterocycles. The topological polar surface area (TPSA) is 17.8 Å². The molecule has 0 spiro atoms. The van der Waals surface area contributed by atoms with Crippen LogP contribution in [0.2, 0.25) is 15.2 Å². The lowest BCUT2D eigenvalue weighted by Crippen LogP contribution is -1.90. The maximum Gasteiger partial charge on any atom is 0.147 e. The van der Waals surface area contributed by atoms with Gasteiger partial charge in [0.15, 0.2) is 0 Å².